The Labute approximate surface area is 154 Å². The molecule has 0 bridgehead atoms. The van der Waals surface area contributed by atoms with E-state index >= 15 is 0 Å². The van der Waals surface area contributed by atoms with Crippen molar-refractivity contribution < 1.29 is 18.1 Å². The zero-order chi connectivity index (χ0) is 18.0. The highest BCUT2D eigenvalue weighted by Crippen LogP contribution is 2.21. The number of carbonyl (C=O) groups excluding carboxylic acids is 1. The SMILES string of the molecule is Cc1ccc(SCC(=O)N2CC[NH+]([C@@H]3CCS(=O)(=O)C3)CC2)cc1C. The van der Waals surface area contributed by atoms with Crippen LogP contribution in [0.25, 0.3) is 0 Å². The Morgan fingerprint density at radius 1 is 1.24 bits per heavy atom. The van der Waals surface area contributed by atoms with Crippen molar-refractivity contribution in [3.05, 3.63) is 29.3 Å². The molecule has 0 radical (unpaired) electrons. The third-order valence-electron chi connectivity index (χ3n) is 5.41. The van der Waals surface area contributed by atoms with E-state index in [9.17, 15) is 13.2 Å². The monoisotopic (exact) mass is 383 g/mol. The number of hydrogen-bond donors (Lipinski definition) is 1. The zero-order valence-electron chi connectivity index (χ0n) is 15.0. The number of nitrogens with zero attached hydrogens (tertiary/aromatic N) is 1. The summed E-state index contributed by atoms with van der Waals surface area (Å²) in [5.74, 6) is 1.30. The molecule has 1 amide bonds. The number of benzene rings is 1. The van der Waals surface area contributed by atoms with Crippen LogP contribution in [-0.2, 0) is 14.6 Å². The molecule has 3 rings (SSSR count). The predicted octanol–water partition coefficient (Wildman–Crippen LogP) is 0.310. The Morgan fingerprint density at radius 3 is 2.56 bits per heavy atom. The van der Waals surface area contributed by atoms with E-state index < -0.39 is 9.84 Å². The van der Waals surface area contributed by atoms with E-state index in [1.54, 1.807) is 11.8 Å². The Bertz CT molecular complexity index is 741. The van der Waals surface area contributed by atoms with Gasteiger partial charge in [-0.2, -0.15) is 0 Å². The minimum Gasteiger partial charge on any atom is -0.331 e. The Hall–Kier alpha value is -1.05. The van der Waals surface area contributed by atoms with Crippen LogP contribution in [0, 0.1) is 13.8 Å². The van der Waals surface area contributed by atoms with Crippen molar-refractivity contribution in [2.45, 2.75) is 31.2 Å². The molecule has 5 nitrogen and oxygen atoms in total. The van der Waals surface area contributed by atoms with Crippen LogP contribution in [0.2, 0.25) is 0 Å². The summed E-state index contributed by atoms with van der Waals surface area (Å²) in [4.78, 5) is 16.9. The Balaban J connectivity index is 1.46. The van der Waals surface area contributed by atoms with Crippen molar-refractivity contribution in [3.63, 3.8) is 0 Å². The van der Waals surface area contributed by atoms with Crippen LogP contribution in [-0.4, -0.2) is 68.7 Å². The molecule has 0 spiro atoms. The van der Waals surface area contributed by atoms with Crippen LogP contribution in [0.3, 0.4) is 0 Å². The number of quaternary nitrogens is 1. The smallest absolute Gasteiger partial charge is 0.233 e. The second-order valence-corrected chi connectivity index (χ2v) is 10.5. The van der Waals surface area contributed by atoms with E-state index in [1.807, 2.05) is 4.90 Å². The largest absolute Gasteiger partial charge is 0.331 e. The van der Waals surface area contributed by atoms with Crippen molar-refractivity contribution in [3.8, 4) is 0 Å². The first-order valence-electron chi connectivity index (χ1n) is 8.87. The van der Waals surface area contributed by atoms with Gasteiger partial charge in [-0.1, -0.05) is 6.07 Å². The normalized spacial score (nSPS) is 23.8. The van der Waals surface area contributed by atoms with Gasteiger partial charge >= 0.3 is 0 Å². The summed E-state index contributed by atoms with van der Waals surface area (Å²) in [5.41, 5.74) is 2.52. The number of nitrogens with one attached hydrogen (secondary N) is 1. The van der Waals surface area contributed by atoms with E-state index in [2.05, 4.69) is 32.0 Å². The average molecular weight is 384 g/mol. The lowest BCUT2D eigenvalue weighted by molar-refractivity contribution is -0.925. The van der Waals surface area contributed by atoms with Crippen LogP contribution in [0.15, 0.2) is 23.1 Å². The number of piperazine rings is 1. The molecule has 1 aromatic rings. The summed E-state index contributed by atoms with van der Waals surface area (Å²) >= 11 is 1.59. The molecule has 0 saturated carbocycles. The van der Waals surface area contributed by atoms with Gasteiger partial charge in [-0.15, -0.1) is 11.8 Å². The van der Waals surface area contributed by atoms with Crippen molar-refractivity contribution in [1.82, 2.24) is 4.90 Å². The third kappa shape index (κ3) is 4.77. The molecule has 1 aromatic carbocycles. The number of carbonyl (C=O) groups is 1. The number of hydrogen-bond acceptors (Lipinski definition) is 4. The van der Waals surface area contributed by atoms with Gasteiger partial charge in [0, 0.05) is 11.3 Å². The van der Waals surface area contributed by atoms with Gasteiger partial charge in [0.1, 0.15) is 11.8 Å². The maximum absolute atomic E-state index is 12.5. The highest BCUT2D eigenvalue weighted by Gasteiger charge is 2.37. The molecule has 0 unspecified atom stereocenters. The highest BCUT2D eigenvalue weighted by molar-refractivity contribution is 8.00. The van der Waals surface area contributed by atoms with Crippen LogP contribution >= 0.6 is 11.8 Å². The van der Waals surface area contributed by atoms with Crippen molar-refractivity contribution >= 4 is 27.5 Å². The van der Waals surface area contributed by atoms with E-state index in [-0.39, 0.29) is 11.9 Å². The maximum Gasteiger partial charge on any atom is 0.233 e. The van der Waals surface area contributed by atoms with Crippen LogP contribution in [0.1, 0.15) is 17.5 Å². The standard InChI is InChI=1S/C18H26N2O3S2/c1-14-3-4-17(11-15(14)2)24-12-18(21)20-8-6-19(7-9-20)16-5-10-25(22,23)13-16/h3-4,11,16H,5-10,12-13H2,1-2H3/p+1/t16-/m1/s1. The second kappa shape index (κ2) is 7.68. The summed E-state index contributed by atoms with van der Waals surface area (Å²) in [6.45, 7) is 7.37. The van der Waals surface area contributed by atoms with E-state index in [0.29, 0.717) is 17.3 Å². The topological polar surface area (TPSA) is 58.9 Å². The number of thioether (sulfide) groups is 1. The van der Waals surface area contributed by atoms with Gasteiger partial charge in [-0.05, 0) is 37.1 Å². The summed E-state index contributed by atoms with van der Waals surface area (Å²) in [7, 11) is -2.83. The van der Waals surface area contributed by atoms with Gasteiger partial charge in [-0.3, -0.25) is 4.79 Å². The summed E-state index contributed by atoms with van der Waals surface area (Å²) < 4.78 is 23.3. The fourth-order valence-corrected chi connectivity index (χ4v) is 6.33. The lowest BCUT2D eigenvalue weighted by atomic mass is 10.1. The molecular weight excluding hydrogens is 356 g/mol. The fraction of sp³-hybridized carbons (Fsp3) is 0.611. The molecule has 7 heteroatoms. The van der Waals surface area contributed by atoms with Gasteiger partial charge in [0.2, 0.25) is 5.91 Å². The number of sulfone groups is 1. The molecule has 2 aliphatic heterocycles. The molecule has 138 valence electrons. The van der Waals surface area contributed by atoms with Gasteiger partial charge in [-0.25, -0.2) is 8.42 Å². The molecule has 25 heavy (non-hydrogen) atoms. The molecule has 2 aliphatic rings. The molecule has 0 aromatic heterocycles. The quantitative estimate of drug-likeness (QED) is 0.761. The van der Waals surface area contributed by atoms with Crippen LogP contribution in [0.5, 0.6) is 0 Å². The van der Waals surface area contributed by atoms with Crippen molar-refractivity contribution in [2.75, 3.05) is 43.4 Å². The molecule has 2 fully saturated rings. The minimum absolute atomic E-state index is 0.182. The van der Waals surface area contributed by atoms with E-state index in [4.69, 9.17) is 0 Å². The zero-order valence-corrected chi connectivity index (χ0v) is 16.6. The number of rotatable bonds is 4. The molecule has 2 saturated heterocycles. The second-order valence-electron chi connectivity index (χ2n) is 7.17. The molecular formula is C18H27N2O3S2+. The maximum atomic E-state index is 12.5. The lowest BCUT2D eigenvalue weighted by Crippen LogP contribution is -3.18. The Kier molecular flexibility index (Phi) is 5.75. The molecule has 1 N–H and O–H groups in total. The highest BCUT2D eigenvalue weighted by atomic mass is 32.2. The van der Waals surface area contributed by atoms with Gasteiger partial charge in [0.05, 0.1) is 37.7 Å². The van der Waals surface area contributed by atoms with E-state index in [0.717, 1.165) is 37.5 Å². The van der Waals surface area contributed by atoms with Crippen LogP contribution in [0.4, 0.5) is 0 Å². The first kappa shape index (κ1) is 18.7. The van der Waals surface area contributed by atoms with Gasteiger partial charge in [0.25, 0.3) is 0 Å². The average Bonchev–Trinajstić information content (AvgIpc) is 2.96. The van der Waals surface area contributed by atoms with Gasteiger partial charge < -0.3 is 9.80 Å². The van der Waals surface area contributed by atoms with Gasteiger partial charge in [0.15, 0.2) is 9.84 Å². The number of amides is 1. The van der Waals surface area contributed by atoms with E-state index in [1.165, 1.54) is 16.0 Å². The van der Waals surface area contributed by atoms with Crippen molar-refractivity contribution in [2.24, 2.45) is 0 Å². The lowest BCUT2D eigenvalue weighted by Gasteiger charge is -2.35. The summed E-state index contributed by atoms with van der Waals surface area (Å²) in [6, 6.07) is 6.53. The first-order chi connectivity index (χ1) is 11.8. The predicted molar refractivity (Wildman–Crippen MR) is 101 cm³/mol. The first-order valence-corrected chi connectivity index (χ1v) is 11.7. The Morgan fingerprint density at radius 2 is 1.96 bits per heavy atom. The summed E-state index contributed by atoms with van der Waals surface area (Å²) in [6.07, 6.45) is 0.772. The molecule has 2 heterocycles. The molecule has 0 aliphatic carbocycles. The minimum atomic E-state index is -2.83. The fourth-order valence-electron chi connectivity index (χ4n) is 3.61. The van der Waals surface area contributed by atoms with Crippen LogP contribution < -0.4 is 4.90 Å². The third-order valence-corrected chi connectivity index (χ3v) is 8.16. The number of aryl methyl sites for hydroxylation is 2. The van der Waals surface area contributed by atoms with Crippen molar-refractivity contribution in [1.29, 1.82) is 0 Å². The molecule has 1 atom stereocenters. The summed E-state index contributed by atoms with van der Waals surface area (Å²) in [5, 5.41) is 0.